The van der Waals surface area contributed by atoms with E-state index in [0.717, 1.165) is 12.8 Å². The van der Waals surface area contributed by atoms with Crippen LogP contribution in [-0.2, 0) is 10.3 Å². The Morgan fingerprint density at radius 2 is 2.00 bits per heavy atom. The summed E-state index contributed by atoms with van der Waals surface area (Å²) in [6.07, 6.45) is 3.39. The van der Waals surface area contributed by atoms with Gasteiger partial charge in [0.1, 0.15) is 0 Å². The third kappa shape index (κ3) is 4.34. The first kappa shape index (κ1) is 16.8. The van der Waals surface area contributed by atoms with Crippen molar-refractivity contribution in [2.45, 2.75) is 25.3 Å². The number of allylic oxidation sites excluding steroid dienone is 1. The predicted molar refractivity (Wildman–Crippen MR) is 82.0 cm³/mol. The van der Waals surface area contributed by atoms with Crippen molar-refractivity contribution < 1.29 is 14.7 Å². The lowest BCUT2D eigenvalue weighted by molar-refractivity contribution is -0.144. The van der Waals surface area contributed by atoms with Crippen LogP contribution >= 0.6 is 0 Å². The maximum atomic E-state index is 12.2. The molecule has 1 atom stereocenters. The maximum absolute atomic E-state index is 12.2. The molecule has 5 heteroatoms. The van der Waals surface area contributed by atoms with E-state index in [1.54, 1.807) is 43.5 Å². The molecular weight excluding hydrogens is 268 g/mol. The molecule has 2 amide bonds. The van der Waals surface area contributed by atoms with Gasteiger partial charge in [0.05, 0.1) is 0 Å². The molecule has 0 saturated heterocycles. The molecule has 5 nitrogen and oxygen atoms in total. The number of nitrogens with one attached hydrogen (secondary N) is 1. The van der Waals surface area contributed by atoms with Crippen LogP contribution in [0.15, 0.2) is 43.0 Å². The smallest absolute Gasteiger partial charge is 0.333 e. The van der Waals surface area contributed by atoms with Crippen LogP contribution in [0.4, 0.5) is 4.79 Å². The highest BCUT2D eigenvalue weighted by atomic mass is 16.4. The van der Waals surface area contributed by atoms with Gasteiger partial charge in [-0.25, -0.2) is 9.59 Å². The van der Waals surface area contributed by atoms with Crippen LogP contribution in [0.3, 0.4) is 0 Å². The third-order valence-corrected chi connectivity index (χ3v) is 3.38. The highest BCUT2D eigenvalue weighted by molar-refractivity contribution is 5.87. The zero-order chi connectivity index (χ0) is 15.9. The number of aliphatic carboxylic acids is 1. The minimum atomic E-state index is -1.45. The van der Waals surface area contributed by atoms with Gasteiger partial charge in [0.15, 0.2) is 5.54 Å². The summed E-state index contributed by atoms with van der Waals surface area (Å²) in [6.45, 7) is 5.66. The van der Waals surface area contributed by atoms with E-state index in [4.69, 9.17) is 0 Å². The Bertz CT molecular complexity index is 502. The Morgan fingerprint density at radius 3 is 2.52 bits per heavy atom. The highest BCUT2D eigenvalue weighted by Crippen LogP contribution is 2.21. The van der Waals surface area contributed by atoms with E-state index < -0.39 is 17.5 Å². The first-order valence-corrected chi connectivity index (χ1v) is 6.85. The van der Waals surface area contributed by atoms with Crippen molar-refractivity contribution >= 4 is 12.0 Å². The quantitative estimate of drug-likeness (QED) is 0.599. The summed E-state index contributed by atoms with van der Waals surface area (Å²) in [4.78, 5) is 25.2. The number of benzene rings is 1. The number of hydrogen-bond donors (Lipinski definition) is 2. The fourth-order valence-electron chi connectivity index (χ4n) is 1.90. The fourth-order valence-corrected chi connectivity index (χ4v) is 1.90. The van der Waals surface area contributed by atoms with Crippen LogP contribution in [0, 0.1) is 0 Å². The minimum Gasteiger partial charge on any atom is -0.479 e. The van der Waals surface area contributed by atoms with Crippen LogP contribution in [0.25, 0.3) is 0 Å². The molecule has 0 aliphatic heterocycles. The second-order valence-corrected chi connectivity index (χ2v) is 5.08. The van der Waals surface area contributed by atoms with E-state index in [0.29, 0.717) is 12.1 Å². The Morgan fingerprint density at radius 1 is 1.38 bits per heavy atom. The number of urea groups is 1. The summed E-state index contributed by atoms with van der Waals surface area (Å²) >= 11 is 0. The first-order chi connectivity index (χ1) is 9.91. The first-order valence-electron chi connectivity index (χ1n) is 6.85. The highest BCUT2D eigenvalue weighted by Gasteiger charge is 2.37. The Labute approximate surface area is 125 Å². The number of carbonyl (C=O) groups excluding carboxylic acids is 1. The van der Waals surface area contributed by atoms with Crippen molar-refractivity contribution in [1.82, 2.24) is 10.2 Å². The van der Waals surface area contributed by atoms with Gasteiger partial charge < -0.3 is 15.3 Å². The molecule has 1 aromatic carbocycles. The van der Waals surface area contributed by atoms with E-state index >= 15 is 0 Å². The van der Waals surface area contributed by atoms with Crippen LogP contribution in [0.2, 0.25) is 0 Å². The average Bonchev–Trinajstić information content (AvgIpc) is 2.47. The summed E-state index contributed by atoms with van der Waals surface area (Å²) in [5, 5.41) is 12.1. The number of hydrogen-bond acceptors (Lipinski definition) is 2. The van der Waals surface area contributed by atoms with Crippen molar-refractivity contribution in [2.75, 3.05) is 13.6 Å². The van der Waals surface area contributed by atoms with Crippen molar-refractivity contribution in [3.63, 3.8) is 0 Å². The topological polar surface area (TPSA) is 69.6 Å². The summed E-state index contributed by atoms with van der Waals surface area (Å²) in [6, 6.07) is 8.26. The second-order valence-electron chi connectivity index (χ2n) is 5.08. The van der Waals surface area contributed by atoms with E-state index in [2.05, 4.69) is 11.9 Å². The lowest BCUT2D eigenvalue weighted by Gasteiger charge is -2.29. The van der Waals surface area contributed by atoms with Gasteiger partial charge in [0.25, 0.3) is 0 Å². The van der Waals surface area contributed by atoms with Crippen LogP contribution in [0.1, 0.15) is 25.3 Å². The molecule has 0 aromatic heterocycles. The molecular formula is C16H22N2O3. The molecule has 1 unspecified atom stereocenters. The van der Waals surface area contributed by atoms with Crippen LogP contribution in [0.5, 0.6) is 0 Å². The lowest BCUT2D eigenvalue weighted by atomic mass is 9.92. The second kappa shape index (κ2) is 7.47. The Kier molecular flexibility index (Phi) is 5.96. The number of nitrogens with zero attached hydrogens (tertiary/aromatic N) is 1. The summed E-state index contributed by atoms with van der Waals surface area (Å²) in [5.41, 5.74) is -0.921. The molecule has 2 N–H and O–H groups in total. The van der Waals surface area contributed by atoms with Gasteiger partial charge in [0, 0.05) is 13.6 Å². The zero-order valence-electron chi connectivity index (χ0n) is 12.5. The molecule has 0 aliphatic rings. The van der Waals surface area contributed by atoms with Crippen LogP contribution < -0.4 is 5.32 Å². The van der Waals surface area contributed by atoms with Gasteiger partial charge >= 0.3 is 12.0 Å². The molecule has 21 heavy (non-hydrogen) atoms. The molecule has 0 heterocycles. The average molecular weight is 290 g/mol. The molecule has 1 aromatic rings. The van der Waals surface area contributed by atoms with Crippen molar-refractivity contribution in [3.05, 3.63) is 48.6 Å². The molecule has 0 aliphatic carbocycles. The number of unbranched alkanes of at least 4 members (excludes halogenated alkanes) is 1. The van der Waals surface area contributed by atoms with Gasteiger partial charge in [-0.1, -0.05) is 36.4 Å². The standard InChI is InChI=1S/C16H22N2O3/c1-4-5-9-12-18(3)15(21)17-16(2,14(19)20)13-10-7-6-8-11-13/h4,6-8,10-11H,1,5,9,12H2,2-3H3,(H,17,21)(H,19,20). The van der Waals surface area contributed by atoms with Crippen LogP contribution in [-0.4, -0.2) is 35.6 Å². The zero-order valence-corrected chi connectivity index (χ0v) is 12.5. The molecule has 0 fully saturated rings. The molecule has 0 radical (unpaired) electrons. The molecule has 0 spiro atoms. The molecule has 0 saturated carbocycles. The van der Waals surface area contributed by atoms with Gasteiger partial charge in [0.2, 0.25) is 0 Å². The SMILES string of the molecule is C=CCCCN(C)C(=O)NC(C)(C(=O)O)c1ccccc1. The summed E-state index contributed by atoms with van der Waals surface area (Å²) in [7, 11) is 1.64. The van der Waals surface area contributed by atoms with Crippen molar-refractivity contribution in [1.29, 1.82) is 0 Å². The number of carboxylic acids is 1. The molecule has 1 rings (SSSR count). The van der Waals surface area contributed by atoms with Crippen molar-refractivity contribution in [2.24, 2.45) is 0 Å². The Balaban J connectivity index is 2.82. The maximum Gasteiger partial charge on any atom is 0.333 e. The number of amides is 2. The Hall–Kier alpha value is -2.30. The fraction of sp³-hybridized carbons (Fsp3) is 0.375. The van der Waals surface area contributed by atoms with E-state index in [-0.39, 0.29) is 0 Å². The monoisotopic (exact) mass is 290 g/mol. The largest absolute Gasteiger partial charge is 0.479 e. The van der Waals surface area contributed by atoms with Gasteiger partial charge in [-0.05, 0) is 25.3 Å². The summed E-state index contributed by atoms with van der Waals surface area (Å²) in [5.74, 6) is -1.10. The van der Waals surface area contributed by atoms with Gasteiger partial charge in [-0.15, -0.1) is 6.58 Å². The van der Waals surface area contributed by atoms with Crippen molar-refractivity contribution in [3.8, 4) is 0 Å². The minimum absolute atomic E-state index is 0.409. The predicted octanol–water partition coefficient (Wildman–Crippen LogP) is 2.59. The molecule has 114 valence electrons. The third-order valence-electron chi connectivity index (χ3n) is 3.38. The normalized spacial score (nSPS) is 13.0. The molecule has 0 bridgehead atoms. The van der Waals surface area contributed by atoms with E-state index in [9.17, 15) is 14.7 Å². The summed E-state index contributed by atoms with van der Waals surface area (Å²) < 4.78 is 0. The van der Waals surface area contributed by atoms with Gasteiger partial charge in [-0.2, -0.15) is 0 Å². The number of carbonyl (C=O) groups is 2. The number of carboxylic acid groups (broad SMARTS) is 1. The lowest BCUT2D eigenvalue weighted by Crippen LogP contribution is -2.53. The van der Waals surface area contributed by atoms with Gasteiger partial charge in [-0.3, -0.25) is 0 Å². The van der Waals surface area contributed by atoms with E-state index in [1.165, 1.54) is 11.8 Å². The van der Waals surface area contributed by atoms with E-state index in [1.807, 2.05) is 0 Å². The number of rotatable bonds is 7.